The van der Waals surface area contributed by atoms with Crippen LogP contribution in [0.1, 0.15) is 12.8 Å². The van der Waals surface area contributed by atoms with Gasteiger partial charge in [0.2, 0.25) is 17.1 Å². The maximum atomic E-state index is 11.6. The minimum atomic E-state index is -0.105. The Bertz CT molecular complexity index is 612. The van der Waals surface area contributed by atoms with E-state index in [9.17, 15) is 4.79 Å². The van der Waals surface area contributed by atoms with Gasteiger partial charge in [-0.15, -0.1) is 0 Å². The summed E-state index contributed by atoms with van der Waals surface area (Å²) in [6.45, 7) is 0.0770. The van der Waals surface area contributed by atoms with Gasteiger partial charge in [0.25, 0.3) is 5.95 Å². The molecule has 104 valence electrons. The maximum Gasteiger partial charge on any atom is 0.258 e. The normalized spacial score (nSPS) is 14.1. The summed E-state index contributed by atoms with van der Waals surface area (Å²) in [7, 11) is 0. The molecule has 1 fully saturated rings. The van der Waals surface area contributed by atoms with Gasteiger partial charge in [-0.3, -0.25) is 4.79 Å². The van der Waals surface area contributed by atoms with Crippen LogP contribution in [-0.4, -0.2) is 48.2 Å². The first kappa shape index (κ1) is 12.7. The monoisotopic (exact) mass is 294 g/mol. The van der Waals surface area contributed by atoms with Gasteiger partial charge in [-0.05, 0) is 24.4 Å². The van der Waals surface area contributed by atoms with Gasteiger partial charge in [-0.1, -0.05) is 0 Å². The first-order valence-electron chi connectivity index (χ1n) is 6.00. The van der Waals surface area contributed by atoms with Crippen LogP contribution in [0.5, 0.6) is 0 Å². The average molecular weight is 295 g/mol. The lowest BCUT2D eigenvalue weighted by Crippen LogP contribution is -2.31. The third kappa shape index (κ3) is 3.18. The first-order chi connectivity index (χ1) is 9.70. The van der Waals surface area contributed by atoms with Crippen LogP contribution in [-0.2, 0) is 4.79 Å². The lowest BCUT2D eigenvalue weighted by molar-refractivity contribution is -0.119. The van der Waals surface area contributed by atoms with Crippen LogP contribution in [0, 0.1) is 0 Å². The first-order valence-corrected chi connectivity index (χ1v) is 6.38. The van der Waals surface area contributed by atoms with Crippen molar-refractivity contribution < 1.29 is 4.79 Å². The van der Waals surface area contributed by atoms with E-state index >= 15 is 0 Å². The van der Waals surface area contributed by atoms with Crippen molar-refractivity contribution in [3.63, 3.8) is 0 Å². The summed E-state index contributed by atoms with van der Waals surface area (Å²) in [4.78, 5) is 27.3. The summed E-state index contributed by atoms with van der Waals surface area (Å²) in [6, 6.07) is 0.317. The fourth-order valence-electron chi connectivity index (χ4n) is 1.50. The van der Waals surface area contributed by atoms with Crippen LogP contribution < -0.4 is 10.6 Å². The third-order valence-electron chi connectivity index (χ3n) is 2.57. The molecule has 20 heavy (non-hydrogen) atoms. The molecular weight excluding hydrogens is 284 g/mol. The molecule has 0 saturated heterocycles. The molecule has 0 atom stereocenters. The smallest absolute Gasteiger partial charge is 0.258 e. The second-order valence-electron chi connectivity index (χ2n) is 4.26. The molecule has 0 radical (unpaired) electrons. The van der Waals surface area contributed by atoms with Gasteiger partial charge in [0.05, 0.1) is 6.54 Å². The minimum Gasteiger partial charge on any atom is -0.352 e. The number of hydrogen-bond donors (Lipinski definition) is 2. The highest BCUT2D eigenvalue weighted by molar-refractivity contribution is 6.28. The number of carbonyl (C=O) groups excluding carboxylic acids is 1. The average Bonchev–Trinajstić information content (AvgIpc) is 3.06. The number of halogens is 1. The molecule has 2 heterocycles. The van der Waals surface area contributed by atoms with E-state index in [1.54, 1.807) is 0 Å². The lowest BCUT2D eigenvalue weighted by Gasteiger charge is -2.06. The van der Waals surface area contributed by atoms with Crippen molar-refractivity contribution >= 4 is 23.5 Å². The van der Waals surface area contributed by atoms with E-state index in [1.807, 2.05) is 0 Å². The highest BCUT2D eigenvalue weighted by atomic mass is 35.5. The molecule has 0 aromatic carbocycles. The minimum absolute atomic E-state index is 0.00982. The van der Waals surface area contributed by atoms with Crippen LogP contribution in [0.4, 0.5) is 5.95 Å². The van der Waals surface area contributed by atoms with E-state index in [2.05, 4.69) is 35.7 Å². The Morgan fingerprint density at radius 3 is 2.95 bits per heavy atom. The van der Waals surface area contributed by atoms with Gasteiger partial charge < -0.3 is 10.6 Å². The molecule has 1 saturated carbocycles. The summed E-state index contributed by atoms with van der Waals surface area (Å²) in [5.41, 5.74) is 0. The zero-order valence-electron chi connectivity index (χ0n) is 10.3. The number of amides is 1. The van der Waals surface area contributed by atoms with Crippen molar-refractivity contribution in [3.05, 3.63) is 17.9 Å². The van der Waals surface area contributed by atoms with Crippen molar-refractivity contribution in [1.29, 1.82) is 0 Å². The van der Waals surface area contributed by atoms with Crippen LogP contribution in [0.15, 0.2) is 12.7 Å². The largest absolute Gasteiger partial charge is 0.352 e. The number of hydrogen-bond acceptors (Lipinski definition) is 7. The van der Waals surface area contributed by atoms with Gasteiger partial charge in [-0.2, -0.15) is 24.7 Å². The Morgan fingerprint density at radius 1 is 1.40 bits per heavy atom. The number of anilines is 1. The molecule has 2 N–H and O–H groups in total. The molecule has 3 rings (SSSR count). The molecule has 1 aliphatic carbocycles. The number of aromatic nitrogens is 6. The van der Waals surface area contributed by atoms with Crippen molar-refractivity contribution in [2.24, 2.45) is 0 Å². The van der Waals surface area contributed by atoms with Crippen molar-refractivity contribution in [3.8, 4) is 5.95 Å². The summed E-state index contributed by atoms with van der Waals surface area (Å²) < 4.78 is 1.35. The molecule has 2 aromatic heterocycles. The summed E-state index contributed by atoms with van der Waals surface area (Å²) in [6.07, 6.45) is 4.88. The number of nitrogens with zero attached hydrogens (tertiary/aromatic N) is 6. The molecule has 9 nitrogen and oxygen atoms in total. The Hall–Kier alpha value is -2.29. The van der Waals surface area contributed by atoms with Crippen LogP contribution in [0.25, 0.3) is 5.95 Å². The topological polar surface area (TPSA) is 111 Å². The van der Waals surface area contributed by atoms with E-state index in [1.165, 1.54) is 17.3 Å². The second-order valence-corrected chi connectivity index (χ2v) is 4.60. The predicted octanol–water partition coefficient (Wildman–Crippen LogP) is -0.204. The number of carbonyl (C=O) groups is 1. The molecule has 0 aliphatic heterocycles. The Kier molecular flexibility index (Phi) is 3.42. The van der Waals surface area contributed by atoms with Crippen LogP contribution in [0.2, 0.25) is 5.28 Å². The fourth-order valence-corrected chi connectivity index (χ4v) is 1.65. The van der Waals surface area contributed by atoms with Gasteiger partial charge in [0, 0.05) is 6.04 Å². The highest BCUT2D eigenvalue weighted by Gasteiger charge is 2.23. The quantitative estimate of drug-likeness (QED) is 0.785. The predicted molar refractivity (Wildman–Crippen MR) is 69.4 cm³/mol. The summed E-state index contributed by atoms with van der Waals surface area (Å²) in [5.74, 6) is 0.334. The number of nitrogens with one attached hydrogen (secondary N) is 2. The fraction of sp³-hybridized carbons (Fsp3) is 0.400. The lowest BCUT2D eigenvalue weighted by atomic mass is 10.5. The van der Waals surface area contributed by atoms with E-state index < -0.39 is 0 Å². The molecule has 0 bridgehead atoms. The zero-order chi connectivity index (χ0) is 13.9. The summed E-state index contributed by atoms with van der Waals surface area (Å²) >= 11 is 5.81. The van der Waals surface area contributed by atoms with Crippen molar-refractivity contribution in [1.82, 2.24) is 35.0 Å². The van der Waals surface area contributed by atoms with E-state index in [0.717, 1.165) is 12.8 Å². The molecule has 1 aliphatic rings. The van der Waals surface area contributed by atoms with Crippen molar-refractivity contribution in [2.75, 3.05) is 11.9 Å². The second kappa shape index (κ2) is 5.37. The molecule has 1 amide bonds. The summed E-state index contributed by atoms with van der Waals surface area (Å²) in [5, 5.41) is 9.56. The molecule has 0 unspecified atom stereocenters. The standard InChI is InChI=1S/C10H11ClN8O/c11-8-16-9(13-3-7(20)15-6-1-2-6)18-10(17-8)19-5-12-4-14-19/h4-6H,1-3H2,(H,15,20)(H,13,16,17,18). The van der Waals surface area contributed by atoms with Crippen molar-refractivity contribution in [2.45, 2.75) is 18.9 Å². The third-order valence-corrected chi connectivity index (χ3v) is 2.74. The Labute approximate surface area is 118 Å². The van der Waals surface area contributed by atoms with Crippen LogP contribution >= 0.6 is 11.6 Å². The molecular formula is C10H11ClN8O. The molecule has 10 heteroatoms. The Balaban J connectivity index is 1.67. The van der Waals surface area contributed by atoms with E-state index in [4.69, 9.17) is 11.6 Å². The Morgan fingerprint density at radius 2 is 2.25 bits per heavy atom. The van der Waals surface area contributed by atoms with Gasteiger partial charge in [0.1, 0.15) is 12.7 Å². The van der Waals surface area contributed by atoms with Crippen LogP contribution in [0.3, 0.4) is 0 Å². The van der Waals surface area contributed by atoms with Gasteiger partial charge in [0.15, 0.2) is 0 Å². The van der Waals surface area contributed by atoms with Gasteiger partial charge in [-0.25, -0.2) is 4.98 Å². The highest BCUT2D eigenvalue weighted by Crippen LogP contribution is 2.18. The van der Waals surface area contributed by atoms with E-state index in [-0.39, 0.29) is 29.6 Å². The molecule has 2 aromatic rings. The zero-order valence-corrected chi connectivity index (χ0v) is 11.1. The van der Waals surface area contributed by atoms with Gasteiger partial charge >= 0.3 is 0 Å². The number of rotatable bonds is 5. The van der Waals surface area contributed by atoms with E-state index in [0.29, 0.717) is 6.04 Å². The maximum absolute atomic E-state index is 11.6. The SMILES string of the molecule is O=C(CNc1nc(Cl)nc(-n2cncn2)n1)NC1CC1. The molecule has 0 spiro atoms.